The first kappa shape index (κ1) is 9.73. The van der Waals surface area contributed by atoms with Crippen LogP contribution in [0.3, 0.4) is 0 Å². The van der Waals surface area contributed by atoms with Crippen LogP contribution in [0.2, 0.25) is 0 Å². The highest BCUT2D eigenvalue weighted by Gasteiger charge is 2.08. The maximum absolute atomic E-state index is 10.6. The summed E-state index contributed by atoms with van der Waals surface area (Å²) in [5.41, 5.74) is 11.5. The molecular formula is C8H14N4O. The van der Waals surface area contributed by atoms with Gasteiger partial charge in [0.1, 0.15) is 12.4 Å². The normalized spacial score (nSPS) is 12.8. The molecule has 0 aliphatic heterocycles. The molecule has 5 heteroatoms. The smallest absolute Gasteiger partial charge is 0.237 e. The highest BCUT2D eigenvalue weighted by atomic mass is 16.1. The summed E-state index contributed by atoms with van der Waals surface area (Å²) in [5.74, 6) is 0.378. The molecule has 13 heavy (non-hydrogen) atoms. The van der Waals surface area contributed by atoms with Crippen LogP contribution in [0.5, 0.6) is 0 Å². The molecule has 4 N–H and O–H groups in total. The monoisotopic (exact) mass is 182 g/mol. The van der Waals surface area contributed by atoms with Gasteiger partial charge in [-0.3, -0.25) is 4.79 Å². The van der Waals surface area contributed by atoms with Gasteiger partial charge in [0.15, 0.2) is 0 Å². The molecule has 72 valence electrons. The van der Waals surface area contributed by atoms with E-state index in [0.29, 0.717) is 0 Å². The summed E-state index contributed by atoms with van der Waals surface area (Å²) in [6, 6.07) is -0.118. The number of aryl methyl sites for hydroxylation is 1. The summed E-state index contributed by atoms with van der Waals surface area (Å²) in [6.07, 6.45) is 1.75. The average Bonchev–Trinajstić information content (AvgIpc) is 2.31. The second kappa shape index (κ2) is 3.57. The van der Waals surface area contributed by atoms with E-state index in [9.17, 15) is 4.79 Å². The average molecular weight is 182 g/mol. The molecule has 0 aliphatic carbocycles. The van der Waals surface area contributed by atoms with Gasteiger partial charge < -0.3 is 16.0 Å². The van der Waals surface area contributed by atoms with Gasteiger partial charge in [0, 0.05) is 12.2 Å². The number of amides is 1. The minimum Gasteiger partial charge on any atom is -0.368 e. The van der Waals surface area contributed by atoms with Crippen LogP contribution in [0.15, 0.2) is 6.20 Å². The molecule has 0 unspecified atom stereocenters. The van der Waals surface area contributed by atoms with Crippen molar-refractivity contribution < 1.29 is 4.79 Å². The van der Waals surface area contributed by atoms with E-state index >= 15 is 0 Å². The lowest BCUT2D eigenvalue weighted by Crippen LogP contribution is -2.18. The number of primary amides is 1. The Labute approximate surface area is 76.7 Å². The van der Waals surface area contributed by atoms with Crippen molar-refractivity contribution in [3.05, 3.63) is 17.7 Å². The largest absolute Gasteiger partial charge is 0.368 e. The summed E-state index contributed by atoms with van der Waals surface area (Å²) in [4.78, 5) is 14.8. The number of carbonyl (C=O) groups is 1. The molecule has 1 heterocycles. The summed E-state index contributed by atoms with van der Waals surface area (Å²) in [6.45, 7) is 3.82. The SMILES string of the molecule is Cc1nc([C@H](C)N)cn1CC(N)=O. The van der Waals surface area contributed by atoms with Crippen LogP contribution < -0.4 is 11.5 Å². The molecule has 1 rings (SSSR count). The predicted molar refractivity (Wildman–Crippen MR) is 48.8 cm³/mol. The number of hydrogen-bond acceptors (Lipinski definition) is 3. The van der Waals surface area contributed by atoms with Gasteiger partial charge in [-0.15, -0.1) is 0 Å². The van der Waals surface area contributed by atoms with Crippen molar-refractivity contribution in [2.75, 3.05) is 0 Å². The third-order valence-electron chi connectivity index (χ3n) is 1.79. The molecule has 0 radical (unpaired) electrons. The molecule has 0 spiro atoms. The van der Waals surface area contributed by atoms with Gasteiger partial charge in [-0.2, -0.15) is 0 Å². The van der Waals surface area contributed by atoms with Crippen LogP contribution in [0.25, 0.3) is 0 Å². The van der Waals surface area contributed by atoms with E-state index < -0.39 is 0 Å². The van der Waals surface area contributed by atoms with Crippen LogP contribution in [-0.4, -0.2) is 15.5 Å². The minimum absolute atomic E-state index is 0.118. The van der Waals surface area contributed by atoms with Crippen LogP contribution in [0, 0.1) is 6.92 Å². The maximum Gasteiger partial charge on any atom is 0.237 e. The molecule has 1 amide bonds. The van der Waals surface area contributed by atoms with Gasteiger partial charge in [-0.05, 0) is 13.8 Å². The van der Waals surface area contributed by atoms with Gasteiger partial charge in [-0.25, -0.2) is 4.98 Å². The summed E-state index contributed by atoms with van der Waals surface area (Å²) < 4.78 is 1.70. The zero-order valence-corrected chi connectivity index (χ0v) is 7.82. The van der Waals surface area contributed by atoms with E-state index in [1.165, 1.54) is 0 Å². The first-order chi connectivity index (χ1) is 6.00. The Morgan fingerprint density at radius 1 is 1.77 bits per heavy atom. The van der Waals surface area contributed by atoms with Gasteiger partial charge in [0.2, 0.25) is 5.91 Å². The fourth-order valence-corrected chi connectivity index (χ4v) is 1.08. The lowest BCUT2D eigenvalue weighted by Gasteiger charge is -1.99. The Bertz CT molecular complexity index is 316. The summed E-state index contributed by atoms with van der Waals surface area (Å²) in [5, 5.41) is 0. The first-order valence-electron chi connectivity index (χ1n) is 4.08. The van der Waals surface area contributed by atoms with Crippen molar-refractivity contribution in [1.29, 1.82) is 0 Å². The van der Waals surface area contributed by atoms with Gasteiger partial charge >= 0.3 is 0 Å². The molecule has 0 saturated heterocycles. The summed E-state index contributed by atoms with van der Waals surface area (Å²) >= 11 is 0. The van der Waals surface area contributed by atoms with Crippen molar-refractivity contribution in [3.8, 4) is 0 Å². The van der Waals surface area contributed by atoms with Crippen molar-refractivity contribution in [2.45, 2.75) is 26.4 Å². The molecule has 1 aromatic heterocycles. The van der Waals surface area contributed by atoms with Gasteiger partial charge in [-0.1, -0.05) is 0 Å². The summed E-state index contributed by atoms with van der Waals surface area (Å²) in [7, 11) is 0. The number of carbonyl (C=O) groups excluding carboxylic acids is 1. The number of nitrogens with two attached hydrogens (primary N) is 2. The standard InChI is InChI=1S/C8H14N4O/c1-5(9)7-3-12(4-8(10)13)6(2)11-7/h3,5H,4,9H2,1-2H3,(H2,10,13)/t5-/m0/s1. The molecule has 1 aromatic rings. The Morgan fingerprint density at radius 2 is 2.38 bits per heavy atom. The molecule has 0 saturated carbocycles. The molecule has 0 bridgehead atoms. The van der Waals surface area contributed by atoms with Crippen LogP contribution in [-0.2, 0) is 11.3 Å². The zero-order chi connectivity index (χ0) is 10.0. The third kappa shape index (κ3) is 2.29. The number of aromatic nitrogens is 2. The lowest BCUT2D eigenvalue weighted by atomic mass is 10.3. The van der Waals surface area contributed by atoms with E-state index in [1.807, 2.05) is 13.8 Å². The molecule has 1 atom stereocenters. The Hall–Kier alpha value is -1.36. The fourth-order valence-electron chi connectivity index (χ4n) is 1.08. The van der Waals surface area contributed by atoms with E-state index in [2.05, 4.69) is 4.98 Å². The van der Waals surface area contributed by atoms with Crippen molar-refractivity contribution in [1.82, 2.24) is 9.55 Å². The van der Waals surface area contributed by atoms with Crippen LogP contribution >= 0.6 is 0 Å². The van der Waals surface area contributed by atoms with Crippen LogP contribution in [0.1, 0.15) is 24.5 Å². The molecule has 0 aliphatic rings. The highest BCUT2D eigenvalue weighted by molar-refractivity contribution is 5.73. The quantitative estimate of drug-likeness (QED) is 0.672. The molecule has 5 nitrogen and oxygen atoms in total. The Kier molecular flexibility index (Phi) is 2.67. The van der Waals surface area contributed by atoms with Gasteiger partial charge in [0.25, 0.3) is 0 Å². The van der Waals surface area contributed by atoms with Crippen LogP contribution in [0.4, 0.5) is 0 Å². The number of rotatable bonds is 3. The number of nitrogens with zero attached hydrogens (tertiary/aromatic N) is 2. The third-order valence-corrected chi connectivity index (χ3v) is 1.79. The van der Waals surface area contributed by atoms with Crippen molar-refractivity contribution in [2.24, 2.45) is 11.5 Å². The fraction of sp³-hybridized carbons (Fsp3) is 0.500. The molecule has 0 aromatic carbocycles. The minimum atomic E-state index is -0.378. The first-order valence-corrected chi connectivity index (χ1v) is 4.08. The van der Waals surface area contributed by atoms with E-state index in [1.54, 1.807) is 10.8 Å². The van der Waals surface area contributed by atoms with E-state index in [0.717, 1.165) is 11.5 Å². The van der Waals surface area contributed by atoms with Crippen molar-refractivity contribution in [3.63, 3.8) is 0 Å². The number of imidazole rings is 1. The predicted octanol–water partition coefficient (Wildman–Crippen LogP) is -0.303. The Balaban J connectivity index is 2.89. The van der Waals surface area contributed by atoms with Gasteiger partial charge in [0.05, 0.1) is 5.69 Å². The second-order valence-corrected chi connectivity index (χ2v) is 3.10. The van der Waals surface area contributed by atoms with E-state index in [-0.39, 0.29) is 18.5 Å². The maximum atomic E-state index is 10.6. The van der Waals surface area contributed by atoms with E-state index in [4.69, 9.17) is 11.5 Å². The molecule has 0 fully saturated rings. The number of hydrogen-bond donors (Lipinski definition) is 2. The topological polar surface area (TPSA) is 86.9 Å². The second-order valence-electron chi connectivity index (χ2n) is 3.10. The zero-order valence-electron chi connectivity index (χ0n) is 7.82. The lowest BCUT2D eigenvalue weighted by molar-refractivity contribution is -0.118. The van der Waals surface area contributed by atoms with Crippen molar-refractivity contribution >= 4 is 5.91 Å². The Morgan fingerprint density at radius 3 is 2.77 bits per heavy atom. The molecular weight excluding hydrogens is 168 g/mol. The highest BCUT2D eigenvalue weighted by Crippen LogP contribution is 2.08.